The summed E-state index contributed by atoms with van der Waals surface area (Å²) in [7, 11) is 0. The molecule has 0 radical (unpaired) electrons. The Morgan fingerprint density at radius 1 is 1.52 bits per heavy atom. The predicted octanol–water partition coefficient (Wildman–Crippen LogP) is 1.94. The van der Waals surface area contributed by atoms with Gasteiger partial charge in [0.25, 0.3) is 0 Å². The number of aliphatic hydroxyl groups is 1. The zero-order valence-electron chi connectivity index (χ0n) is 14.1. The molecule has 0 saturated carbocycles. The van der Waals surface area contributed by atoms with Crippen molar-refractivity contribution in [3.63, 3.8) is 0 Å². The average Bonchev–Trinajstić information content (AvgIpc) is 2.92. The van der Waals surface area contributed by atoms with Crippen molar-refractivity contribution in [2.24, 2.45) is 0 Å². The van der Waals surface area contributed by atoms with Crippen LogP contribution in [0.4, 0.5) is 0 Å². The molecule has 1 aromatic rings. The number of likely N-dealkylation sites (tertiary alicyclic amines) is 1. The van der Waals surface area contributed by atoms with E-state index in [1.165, 1.54) is 0 Å². The van der Waals surface area contributed by atoms with Gasteiger partial charge in [-0.15, -0.1) is 0 Å². The molecule has 23 heavy (non-hydrogen) atoms. The lowest BCUT2D eigenvalue weighted by molar-refractivity contribution is -0.122. The summed E-state index contributed by atoms with van der Waals surface area (Å²) in [5.74, 6) is 0.861. The third kappa shape index (κ3) is 5.84. The maximum atomic E-state index is 12.2. The molecule has 0 aliphatic carbocycles. The number of carbonyl (C=O) groups excluding carboxylic acids is 1. The number of nitrogens with zero attached hydrogens (tertiary/aromatic N) is 1. The van der Waals surface area contributed by atoms with E-state index in [9.17, 15) is 9.90 Å². The van der Waals surface area contributed by atoms with Crippen LogP contribution in [-0.2, 0) is 11.3 Å². The number of benzene rings is 1. The first-order valence-electron chi connectivity index (χ1n) is 8.49. The lowest BCUT2D eigenvalue weighted by atomic mass is 10.1. The Hall–Kier alpha value is -1.59. The summed E-state index contributed by atoms with van der Waals surface area (Å²) in [6.07, 6.45) is 2.59. The molecule has 1 amide bonds. The van der Waals surface area contributed by atoms with E-state index in [1.807, 2.05) is 38.1 Å². The number of rotatable bonds is 8. The van der Waals surface area contributed by atoms with Gasteiger partial charge < -0.3 is 15.2 Å². The number of hydrogen-bond donors (Lipinski definition) is 2. The highest BCUT2D eigenvalue weighted by molar-refractivity contribution is 5.78. The number of carbonyl (C=O) groups is 1. The van der Waals surface area contributed by atoms with Crippen LogP contribution in [0.25, 0.3) is 0 Å². The van der Waals surface area contributed by atoms with E-state index in [-0.39, 0.29) is 12.0 Å². The third-order valence-electron chi connectivity index (χ3n) is 4.16. The topological polar surface area (TPSA) is 61.8 Å². The van der Waals surface area contributed by atoms with Gasteiger partial charge in [0.2, 0.25) is 5.91 Å². The van der Waals surface area contributed by atoms with Gasteiger partial charge in [-0.3, -0.25) is 9.69 Å². The summed E-state index contributed by atoms with van der Waals surface area (Å²) in [5.41, 5.74) is 1.03. The largest absolute Gasteiger partial charge is 0.494 e. The Balaban J connectivity index is 1.79. The van der Waals surface area contributed by atoms with E-state index in [1.54, 1.807) is 0 Å². The zero-order valence-corrected chi connectivity index (χ0v) is 14.1. The van der Waals surface area contributed by atoms with Gasteiger partial charge in [-0.25, -0.2) is 0 Å². The molecule has 1 aromatic carbocycles. The van der Waals surface area contributed by atoms with Gasteiger partial charge in [-0.2, -0.15) is 0 Å². The summed E-state index contributed by atoms with van der Waals surface area (Å²) >= 11 is 0. The van der Waals surface area contributed by atoms with Crippen molar-refractivity contribution in [3.05, 3.63) is 29.8 Å². The maximum Gasteiger partial charge on any atom is 0.234 e. The Kier molecular flexibility index (Phi) is 6.86. The number of amides is 1. The molecule has 0 aromatic heterocycles. The number of nitrogens with one attached hydrogen (secondary N) is 1. The summed E-state index contributed by atoms with van der Waals surface area (Å²) in [6, 6.07) is 8.11. The normalized spacial score (nSPS) is 19.5. The Bertz CT molecular complexity index is 505. The van der Waals surface area contributed by atoms with Gasteiger partial charge >= 0.3 is 0 Å². The lowest BCUT2D eigenvalue weighted by Gasteiger charge is -2.24. The van der Waals surface area contributed by atoms with E-state index >= 15 is 0 Å². The van der Waals surface area contributed by atoms with Crippen LogP contribution in [-0.4, -0.2) is 47.8 Å². The van der Waals surface area contributed by atoms with Gasteiger partial charge in [-0.05, 0) is 57.4 Å². The highest BCUT2D eigenvalue weighted by atomic mass is 16.5. The lowest BCUT2D eigenvalue weighted by Crippen LogP contribution is -2.40. The van der Waals surface area contributed by atoms with Gasteiger partial charge in [0.05, 0.1) is 19.3 Å². The second kappa shape index (κ2) is 8.89. The van der Waals surface area contributed by atoms with Crippen LogP contribution in [0.2, 0.25) is 0 Å². The van der Waals surface area contributed by atoms with E-state index in [0.29, 0.717) is 25.7 Å². The smallest absolute Gasteiger partial charge is 0.234 e. The van der Waals surface area contributed by atoms with Crippen molar-refractivity contribution in [1.29, 1.82) is 0 Å². The first kappa shape index (κ1) is 17.8. The molecular formula is C18H28N2O3. The minimum Gasteiger partial charge on any atom is -0.494 e. The van der Waals surface area contributed by atoms with Crippen LogP contribution in [0.1, 0.15) is 38.7 Å². The second-order valence-corrected chi connectivity index (χ2v) is 6.21. The quantitative estimate of drug-likeness (QED) is 0.768. The van der Waals surface area contributed by atoms with Crippen molar-refractivity contribution < 1.29 is 14.6 Å². The monoisotopic (exact) mass is 320 g/mol. The van der Waals surface area contributed by atoms with Crippen molar-refractivity contribution >= 4 is 5.91 Å². The summed E-state index contributed by atoms with van der Waals surface area (Å²) < 4.78 is 5.47. The molecule has 5 heteroatoms. The van der Waals surface area contributed by atoms with Crippen LogP contribution in [0.5, 0.6) is 5.75 Å². The molecule has 1 saturated heterocycles. The molecule has 2 unspecified atom stereocenters. The van der Waals surface area contributed by atoms with Gasteiger partial charge in [0.15, 0.2) is 0 Å². The molecular weight excluding hydrogens is 292 g/mol. The summed E-state index contributed by atoms with van der Waals surface area (Å²) in [6.45, 7) is 6.24. The summed E-state index contributed by atoms with van der Waals surface area (Å²) in [4.78, 5) is 14.3. The van der Waals surface area contributed by atoms with E-state index in [4.69, 9.17) is 4.74 Å². The zero-order chi connectivity index (χ0) is 16.7. The van der Waals surface area contributed by atoms with Crippen molar-refractivity contribution in [2.45, 2.75) is 51.8 Å². The van der Waals surface area contributed by atoms with Gasteiger partial charge in [0.1, 0.15) is 5.75 Å². The Labute approximate surface area is 138 Å². The van der Waals surface area contributed by atoms with E-state index in [0.717, 1.165) is 37.1 Å². The minimum absolute atomic E-state index is 0.0318. The van der Waals surface area contributed by atoms with Crippen LogP contribution in [0, 0.1) is 0 Å². The standard InChI is InChI=1S/C18H28N2O3/c1-3-23-17-8-4-6-15(11-17)12-19-18(22)13-20-9-5-7-16(20)10-14(2)21/h4,6,8,11,14,16,21H,3,5,7,9-10,12-13H2,1-2H3,(H,19,22). The molecule has 2 rings (SSSR count). The molecule has 1 aliphatic heterocycles. The summed E-state index contributed by atoms with van der Waals surface area (Å²) in [5, 5.41) is 12.5. The molecule has 5 nitrogen and oxygen atoms in total. The molecule has 0 spiro atoms. The van der Waals surface area contributed by atoms with Gasteiger partial charge in [0, 0.05) is 12.6 Å². The molecule has 1 heterocycles. The fourth-order valence-corrected chi connectivity index (χ4v) is 3.12. The number of ether oxygens (including phenoxy) is 1. The van der Waals surface area contributed by atoms with Crippen LogP contribution >= 0.6 is 0 Å². The van der Waals surface area contributed by atoms with Gasteiger partial charge in [-0.1, -0.05) is 12.1 Å². The molecule has 0 bridgehead atoms. The minimum atomic E-state index is -0.315. The van der Waals surface area contributed by atoms with Crippen LogP contribution < -0.4 is 10.1 Å². The molecule has 2 atom stereocenters. The highest BCUT2D eigenvalue weighted by Gasteiger charge is 2.26. The van der Waals surface area contributed by atoms with Crippen LogP contribution in [0.3, 0.4) is 0 Å². The number of hydrogen-bond acceptors (Lipinski definition) is 4. The molecule has 128 valence electrons. The Morgan fingerprint density at radius 3 is 3.09 bits per heavy atom. The highest BCUT2D eigenvalue weighted by Crippen LogP contribution is 2.21. The SMILES string of the molecule is CCOc1cccc(CNC(=O)CN2CCCC2CC(C)O)c1. The molecule has 2 N–H and O–H groups in total. The second-order valence-electron chi connectivity index (χ2n) is 6.21. The van der Waals surface area contributed by atoms with Crippen LogP contribution in [0.15, 0.2) is 24.3 Å². The first-order chi connectivity index (χ1) is 11.1. The Morgan fingerprint density at radius 2 is 2.35 bits per heavy atom. The third-order valence-corrected chi connectivity index (χ3v) is 4.16. The first-order valence-corrected chi connectivity index (χ1v) is 8.49. The fourth-order valence-electron chi connectivity index (χ4n) is 3.12. The van der Waals surface area contributed by atoms with E-state index < -0.39 is 0 Å². The number of aliphatic hydroxyl groups excluding tert-OH is 1. The van der Waals surface area contributed by atoms with Crippen molar-refractivity contribution in [1.82, 2.24) is 10.2 Å². The maximum absolute atomic E-state index is 12.2. The predicted molar refractivity (Wildman–Crippen MR) is 90.4 cm³/mol. The molecule has 1 aliphatic rings. The average molecular weight is 320 g/mol. The van der Waals surface area contributed by atoms with Crippen molar-refractivity contribution in [2.75, 3.05) is 19.7 Å². The molecule has 1 fully saturated rings. The fraction of sp³-hybridized carbons (Fsp3) is 0.611. The van der Waals surface area contributed by atoms with Crippen molar-refractivity contribution in [3.8, 4) is 5.75 Å². The van der Waals surface area contributed by atoms with E-state index in [2.05, 4.69) is 10.2 Å².